The molecule has 28 heavy (non-hydrogen) atoms. The Labute approximate surface area is 166 Å². The summed E-state index contributed by atoms with van der Waals surface area (Å²) >= 11 is 0. The molecule has 8 nitrogen and oxygen atoms in total. The van der Waals surface area contributed by atoms with Crippen LogP contribution in [0.3, 0.4) is 0 Å². The molecule has 5 N–H and O–H groups in total. The van der Waals surface area contributed by atoms with Crippen LogP contribution in [-0.2, 0) is 0 Å². The lowest BCUT2D eigenvalue weighted by atomic mass is 10.1. The molecule has 1 aromatic heterocycles. The van der Waals surface area contributed by atoms with E-state index in [0.717, 1.165) is 54.0 Å². The van der Waals surface area contributed by atoms with Gasteiger partial charge in [-0.25, -0.2) is 10.4 Å². The first-order valence-electron chi connectivity index (χ1n) is 9.92. The van der Waals surface area contributed by atoms with E-state index in [2.05, 4.69) is 41.6 Å². The first-order chi connectivity index (χ1) is 13.7. The number of nitrogens with one attached hydrogen (secondary N) is 1. The molecule has 0 bridgehead atoms. The standard InChI is InChI=1S/C20H30N8/c1-3-17(4-2)27-13-16(12-25-27)20-19-6-9-24-28(19)14-18(26-20)15(10-22)11-23-8-5-7-21/h6,10-14,17,24H,3-5,7-9,21-22H2,1-2H3. The summed E-state index contributed by atoms with van der Waals surface area (Å²) in [4.78, 5) is 9.31. The molecule has 1 aromatic rings. The van der Waals surface area contributed by atoms with E-state index < -0.39 is 0 Å². The van der Waals surface area contributed by atoms with Crippen molar-refractivity contribution >= 4 is 11.9 Å². The van der Waals surface area contributed by atoms with Gasteiger partial charge in [0.15, 0.2) is 0 Å². The molecule has 0 spiro atoms. The average molecular weight is 383 g/mol. The fourth-order valence-corrected chi connectivity index (χ4v) is 3.29. The molecule has 0 radical (unpaired) electrons. The highest BCUT2D eigenvalue weighted by Crippen LogP contribution is 2.26. The Morgan fingerprint density at radius 2 is 2.21 bits per heavy atom. The molecule has 3 rings (SSSR count). The van der Waals surface area contributed by atoms with Gasteiger partial charge in [-0.15, -0.1) is 0 Å². The average Bonchev–Trinajstić information content (AvgIpc) is 3.38. The monoisotopic (exact) mass is 382 g/mol. The van der Waals surface area contributed by atoms with Gasteiger partial charge in [0.25, 0.3) is 0 Å². The van der Waals surface area contributed by atoms with Crippen LogP contribution < -0.4 is 16.9 Å². The maximum atomic E-state index is 5.86. The predicted octanol–water partition coefficient (Wildman–Crippen LogP) is 1.85. The summed E-state index contributed by atoms with van der Waals surface area (Å²) in [5.41, 5.74) is 19.2. The smallest absolute Gasteiger partial charge is 0.0990 e. The van der Waals surface area contributed by atoms with Crippen LogP contribution in [0.25, 0.3) is 0 Å². The van der Waals surface area contributed by atoms with Crippen molar-refractivity contribution in [3.63, 3.8) is 0 Å². The Hall–Kier alpha value is -2.71. The van der Waals surface area contributed by atoms with Crippen molar-refractivity contribution in [3.8, 4) is 0 Å². The molecule has 0 unspecified atom stereocenters. The zero-order valence-corrected chi connectivity index (χ0v) is 16.7. The summed E-state index contributed by atoms with van der Waals surface area (Å²) in [7, 11) is 0. The SMILES string of the molecule is CCC(CC)n1cc(C2=NC(C(C=NCCCN)=CN)=CN3NCC=C23)cn1. The number of nitrogens with two attached hydrogens (primary N) is 2. The van der Waals surface area contributed by atoms with Crippen LogP contribution in [0.15, 0.2) is 57.8 Å². The van der Waals surface area contributed by atoms with Crippen LogP contribution in [0, 0.1) is 0 Å². The summed E-state index contributed by atoms with van der Waals surface area (Å²) < 4.78 is 2.04. The van der Waals surface area contributed by atoms with E-state index in [-0.39, 0.29) is 0 Å². The number of hydrogen-bond acceptors (Lipinski definition) is 7. The second kappa shape index (κ2) is 9.48. The van der Waals surface area contributed by atoms with Crippen molar-refractivity contribution in [2.45, 2.75) is 39.2 Å². The number of allylic oxidation sites excluding steroid dienone is 2. The van der Waals surface area contributed by atoms with Crippen LogP contribution in [0.2, 0.25) is 0 Å². The maximum Gasteiger partial charge on any atom is 0.0990 e. The highest BCUT2D eigenvalue weighted by molar-refractivity contribution is 6.13. The van der Waals surface area contributed by atoms with Gasteiger partial charge >= 0.3 is 0 Å². The number of nitrogens with zero attached hydrogens (tertiary/aromatic N) is 5. The van der Waals surface area contributed by atoms with E-state index >= 15 is 0 Å². The Kier molecular flexibility index (Phi) is 6.78. The Morgan fingerprint density at radius 3 is 2.93 bits per heavy atom. The van der Waals surface area contributed by atoms with E-state index in [1.807, 2.05) is 22.1 Å². The molecule has 0 atom stereocenters. The van der Waals surface area contributed by atoms with Gasteiger partial charge in [-0.2, -0.15) is 5.10 Å². The van der Waals surface area contributed by atoms with Crippen molar-refractivity contribution in [1.29, 1.82) is 0 Å². The molecule has 0 aromatic carbocycles. The van der Waals surface area contributed by atoms with Gasteiger partial charge in [-0.1, -0.05) is 13.8 Å². The number of hydrogen-bond donors (Lipinski definition) is 3. The van der Waals surface area contributed by atoms with Gasteiger partial charge in [-0.3, -0.25) is 14.7 Å². The summed E-state index contributed by atoms with van der Waals surface area (Å²) in [6, 6.07) is 0.397. The number of rotatable bonds is 9. The lowest BCUT2D eigenvalue weighted by molar-refractivity contribution is 0.397. The van der Waals surface area contributed by atoms with Crippen LogP contribution in [0.5, 0.6) is 0 Å². The van der Waals surface area contributed by atoms with Gasteiger partial charge in [0.05, 0.1) is 29.3 Å². The van der Waals surface area contributed by atoms with E-state index in [4.69, 9.17) is 16.5 Å². The van der Waals surface area contributed by atoms with Crippen LogP contribution in [0.4, 0.5) is 0 Å². The van der Waals surface area contributed by atoms with E-state index in [0.29, 0.717) is 19.1 Å². The normalized spacial score (nSPS) is 17.2. The molecular weight excluding hydrogens is 352 g/mol. The molecule has 0 saturated carbocycles. The third-order valence-corrected chi connectivity index (χ3v) is 4.93. The summed E-state index contributed by atoms with van der Waals surface area (Å²) in [5, 5.41) is 6.57. The van der Waals surface area contributed by atoms with E-state index in [1.54, 1.807) is 6.21 Å². The predicted molar refractivity (Wildman–Crippen MR) is 114 cm³/mol. The largest absolute Gasteiger partial charge is 0.404 e. The first kappa shape index (κ1) is 20.0. The lowest BCUT2D eigenvalue weighted by Gasteiger charge is -2.24. The van der Waals surface area contributed by atoms with Crippen LogP contribution in [-0.4, -0.2) is 46.3 Å². The fourth-order valence-electron chi connectivity index (χ4n) is 3.29. The molecular formula is C20H30N8. The molecule has 2 aliphatic heterocycles. The highest BCUT2D eigenvalue weighted by atomic mass is 15.5. The Morgan fingerprint density at radius 1 is 1.39 bits per heavy atom. The minimum absolute atomic E-state index is 0.397. The number of fused-ring (bicyclic) bond motifs is 1. The maximum absolute atomic E-state index is 5.86. The van der Waals surface area contributed by atoms with Gasteiger partial charge in [0.1, 0.15) is 0 Å². The summed E-state index contributed by atoms with van der Waals surface area (Å²) in [5.74, 6) is 0. The number of aliphatic imine (C=N–C) groups is 2. The zero-order valence-electron chi connectivity index (χ0n) is 16.7. The quantitative estimate of drug-likeness (QED) is 0.446. The van der Waals surface area contributed by atoms with E-state index in [9.17, 15) is 0 Å². The Bertz CT molecular complexity index is 823. The van der Waals surface area contributed by atoms with Crippen LogP contribution in [0.1, 0.15) is 44.7 Å². The van der Waals surface area contributed by atoms with Crippen molar-refractivity contribution in [2.24, 2.45) is 21.5 Å². The molecule has 3 heterocycles. The summed E-state index contributed by atoms with van der Waals surface area (Å²) in [6.45, 7) is 6.42. The second-order valence-corrected chi connectivity index (χ2v) is 6.78. The van der Waals surface area contributed by atoms with Crippen molar-refractivity contribution in [2.75, 3.05) is 19.6 Å². The third kappa shape index (κ3) is 4.23. The minimum Gasteiger partial charge on any atom is -0.404 e. The zero-order chi connectivity index (χ0) is 19.9. The molecule has 2 aliphatic rings. The van der Waals surface area contributed by atoms with Crippen molar-refractivity contribution in [3.05, 3.63) is 53.4 Å². The molecule has 0 saturated heterocycles. The highest BCUT2D eigenvalue weighted by Gasteiger charge is 2.26. The van der Waals surface area contributed by atoms with Gasteiger partial charge in [0.2, 0.25) is 0 Å². The Balaban J connectivity index is 1.91. The molecule has 0 amide bonds. The van der Waals surface area contributed by atoms with Gasteiger partial charge in [0, 0.05) is 49.0 Å². The molecule has 0 fully saturated rings. The minimum atomic E-state index is 0.397. The van der Waals surface area contributed by atoms with Gasteiger partial charge in [-0.05, 0) is 31.9 Å². The number of aromatic nitrogens is 2. The molecule has 0 aliphatic carbocycles. The number of hydrazine groups is 1. The fraction of sp³-hybridized carbons (Fsp3) is 0.450. The van der Waals surface area contributed by atoms with Gasteiger partial charge < -0.3 is 11.5 Å². The molecule has 8 heteroatoms. The lowest BCUT2D eigenvalue weighted by Crippen LogP contribution is -2.32. The second-order valence-electron chi connectivity index (χ2n) is 6.78. The summed E-state index contributed by atoms with van der Waals surface area (Å²) in [6.07, 6.45) is 14.3. The van der Waals surface area contributed by atoms with Crippen molar-refractivity contribution < 1.29 is 0 Å². The first-order valence-corrected chi connectivity index (χ1v) is 9.92. The van der Waals surface area contributed by atoms with Crippen molar-refractivity contribution in [1.82, 2.24) is 20.2 Å². The molecule has 150 valence electrons. The van der Waals surface area contributed by atoms with E-state index in [1.165, 1.54) is 6.20 Å². The topological polar surface area (TPSA) is 110 Å². The van der Waals surface area contributed by atoms with Crippen LogP contribution >= 0.6 is 0 Å². The third-order valence-electron chi connectivity index (χ3n) is 4.93.